The number of primary amides is 1. The van der Waals surface area contributed by atoms with E-state index < -0.39 is 29.8 Å². The standard InChI is InChI=1S/C12H13ClFN3O4/c13-7-2-1-6(14)5-9(7)17-12(21)16-8(11(19)20)3-4-10(15)18/h1-2,5,8H,3-4H2,(H2,15,18)(H,19,20)(H2,16,17,21)/t8-/m0/s1. The lowest BCUT2D eigenvalue weighted by atomic mass is 10.1. The van der Waals surface area contributed by atoms with Crippen molar-refractivity contribution < 1.29 is 23.9 Å². The molecule has 1 aromatic rings. The molecule has 0 unspecified atom stereocenters. The van der Waals surface area contributed by atoms with E-state index in [1.807, 2.05) is 0 Å². The van der Waals surface area contributed by atoms with Gasteiger partial charge >= 0.3 is 12.0 Å². The number of carbonyl (C=O) groups is 3. The molecule has 0 saturated carbocycles. The zero-order valence-electron chi connectivity index (χ0n) is 10.7. The normalized spacial score (nSPS) is 11.5. The quantitative estimate of drug-likeness (QED) is 0.632. The fourth-order valence-corrected chi connectivity index (χ4v) is 1.62. The number of carboxylic acids is 1. The number of urea groups is 1. The summed E-state index contributed by atoms with van der Waals surface area (Å²) in [7, 11) is 0. The molecular formula is C12H13ClFN3O4. The first kappa shape index (κ1) is 16.7. The molecule has 0 spiro atoms. The van der Waals surface area contributed by atoms with Crippen LogP contribution in [0.5, 0.6) is 0 Å². The minimum absolute atomic E-state index is 0.00629. The first-order valence-electron chi connectivity index (χ1n) is 5.83. The Morgan fingerprint density at radius 1 is 1.38 bits per heavy atom. The van der Waals surface area contributed by atoms with Crippen LogP contribution in [0.1, 0.15) is 12.8 Å². The predicted molar refractivity (Wildman–Crippen MR) is 73.4 cm³/mol. The second-order valence-corrected chi connectivity index (χ2v) is 4.53. The van der Waals surface area contributed by atoms with Crippen molar-refractivity contribution in [2.24, 2.45) is 5.73 Å². The number of anilines is 1. The summed E-state index contributed by atoms with van der Waals surface area (Å²) in [5, 5.41) is 13.4. The van der Waals surface area contributed by atoms with Gasteiger partial charge in [-0.25, -0.2) is 14.0 Å². The molecule has 1 aromatic carbocycles. The van der Waals surface area contributed by atoms with E-state index in [1.165, 1.54) is 6.07 Å². The third-order valence-corrected chi connectivity index (χ3v) is 2.79. The molecule has 21 heavy (non-hydrogen) atoms. The zero-order valence-corrected chi connectivity index (χ0v) is 11.5. The van der Waals surface area contributed by atoms with Crippen molar-refractivity contribution in [2.75, 3.05) is 5.32 Å². The van der Waals surface area contributed by atoms with E-state index in [2.05, 4.69) is 10.6 Å². The van der Waals surface area contributed by atoms with Crippen molar-refractivity contribution in [3.05, 3.63) is 29.0 Å². The molecule has 1 atom stereocenters. The van der Waals surface area contributed by atoms with Gasteiger partial charge in [-0.15, -0.1) is 0 Å². The Hall–Kier alpha value is -2.35. The van der Waals surface area contributed by atoms with Crippen molar-refractivity contribution in [1.29, 1.82) is 0 Å². The summed E-state index contributed by atoms with van der Waals surface area (Å²) in [5.74, 6) is -2.62. The SMILES string of the molecule is NC(=O)CC[C@H](NC(=O)Nc1cc(F)ccc1Cl)C(=O)O. The highest BCUT2D eigenvalue weighted by atomic mass is 35.5. The Morgan fingerprint density at radius 3 is 2.62 bits per heavy atom. The van der Waals surface area contributed by atoms with Crippen LogP contribution >= 0.6 is 11.6 Å². The minimum Gasteiger partial charge on any atom is -0.480 e. The number of hydrogen-bond donors (Lipinski definition) is 4. The van der Waals surface area contributed by atoms with E-state index in [1.54, 1.807) is 0 Å². The van der Waals surface area contributed by atoms with E-state index in [-0.39, 0.29) is 23.6 Å². The highest BCUT2D eigenvalue weighted by Gasteiger charge is 2.20. The zero-order chi connectivity index (χ0) is 16.0. The first-order valence-corrected chi connectivity index (χ1v) is 6.21. The van der Waals surface area contributed by atoms with Gasteiger partial charge in [0.1, 0.15) is 11.9 Å². The molecule has 0 saturated heterocycles. The monoisotopic (exact) mass is 317 g/mol. The van der Waals surface area contributed by atoms with Crippen molar-refractivity contribution in [1.82, 2.24) is 5.32 Å². The van der Waals surface area contributed by atoms with Gasteiger partial charge in [-0.1, -0.05) is 11.6 Å². The Morgan fingerprint density at radius 2 is 2.05 bits per heavy atom. The van der Waals surface area contributed by atoms with Crippen LogP contribution < -0.4 is 16.4 Å². The number of hydrogen-bond acceptors (Lipinski definition) is 3. The Bertz CT molecular complexity index is 567. The number of rotatable bonds is 6. The van der Waals surface area contributed by atoms with Crippen LogP contribution in [0.15, 0.2) is 18.2 Å². The van der Waals surface area contributed by atoms with Gasteiger partial charge in [0.15, 0.2) is 0 Å². The largest absolute Gasteiger partial charge is 0.480 e. The number of benzene rings is 1. The average Bonchev–Trinajstić information content (AvgIpc) is 2.38. The molecule has 0 heterocycles. The van der Waals surface area contributed by atoms with E-state index in [0.717, 1.165) is 12.1 Å². The fraction of sp³-hybridized carbons (Fsp3) is 0.250. The summed E-state index contributed by atoms with van der Waals surface area (Å²) in [6.45, 7) is 0. The van der Waals surface area contributed by atoms with Gasteiger partial charge in [0.05, 0.1) is 10.7 Å². The summed E-state index contributed by atoms with van der Waals surface area (Å²) in [5.41, 5.74) is 4.91. The summed E-state index contributed by atoms with van der Waals surface area (Å²) < 4.78 is 13.0. The van der Waals surface area contributed by atoms with Crippen molar-refractivity contribution >= 4 is 35.2 Å². The number of carbonyl (C=O) groups excluding carboxylic acids is 2. The van der Waals surface area contributed by atoms with Gasteiger partial charge in [-0.3, -0.25) is 4.79 Å². The lowest BCUT2D eigenvalue weighted by Gasteiger charge is -2.15. The van der Waals surface area contributed by atoms with E-state index >= 15 is 0 Å². The van der Waals surface area contributed by atoms with E-state index in [0.29, 0.717) is 0 Å². The van der Waals surface area contributed by atoms with E-state index in [4.69, 9.17) is 22.4 Å². The van der Waals surface area contributed by atoms with Gasteiger partial charge in [-0.05, 0) is 24.6 Å². The molecule has 5 N–H and O–H groups in total. The summed E-state index contributed by atoms with van der Waals surface area (Å²) >= 11 is 5.76. The minimum atomic E-state index is -1.32. The topological polar surface area (TPSA) is 122 Å². The van der Waals surface area contributed by atoms with Gasteiger partial charge in [0.2, 0.25) is 5.91 Å². The fourth-order valence-electron chi connectivity index (χ4n) is 1.45. The van der Waals surface area contributed by atoms with Crippen LogP contribution in [0.2, 0.25) is 5.02 Å². The van der Waals surface area contributed by atoms with Crippen molar-refractivity contribution in [3.8, 4) is 0 Å². The van der Waals surface area contributed by atoms with Crippen molar-refractivity contribution in [3.63, 3.8) is 0 Å². The maximum atomic E-state index is 13.0. The smallest absolute Gasteiger partial charge is 0.326 e. The molecule has 7 nitrogen and oxygen atoms in total. The number of nitrogens with one attached hydrogen (secondary N) is 2. The van der Waals surface area contributed by atoms with Gasteiger partial charge in [-0.2, -0.15) is 0 Å². The molecule has 0 aliphatic carbocycles. The maximum absolute atomic E-state index is 13.0. The Labute approximate surface area is 124 Å². The first-order chi connectivity index (χ1) is 9.79. The lowest BCUT2D eigenvalue weighted by molar-refractivity contribution is -0.139. The highest BCUT2D eigenvalue weighted by Crippen LogP contribution is 2.22. The number of carboxylic acid groups (broad SMARTS) is 1. The summed E-state index contributed by atoms with van der Waals surface area (Å²) in [6, 6.07) is 1.15. The number of amides is 3. The molecule has 1 rings (SSSR count). The Kier molecular flexibility index (Phi) is 5.92. The molecule has 0 radical (unpaired) electrons. The maximum Gasteiger partial charge on any atom is 0.326 e. The third-order valence-electron chi connectivity index (χ3n) is 2.46. The van der Waals surface area contributed by atoms with Gasteiger partial charge in [0.25, 0.3) is 0 Å². The Balaban J connectivity index is 2.67. The van der Waals surface area contributed by atoms with Gasteiger partial charge in [0, 0.05) is 6.42 Å². The molecule has 0 bridgehead atoms. The highest BCUT2D eigenvalue weighted by molar-refractivity contribution is 6.33. The lowest BCUT2D eigenvalue weighted by Crippen LogP contribution is -2.43. The van der Waals surface area contributed by atoms with Crippen LogP contribution in [0.3, 0.4) is 0 Å². The number of nitrogens with two attached hydrogens (primary N) is 1. The summed E-state index contributed by atoms with van der Waals surface area (Å²) in [6.07, 6.45) is -0.354. The van der Waals surface area contributed by atoms with Crippen LogP contribution in [0.4, 0.5) is 14.9 Å². The average molecular weight is 318 g/mol. The van der Waals surface area contributed by atoms with E-state index in [9.17, 15) is 18.8 Å². The molecule has 114 valence electrons. The molecule has 0 aliphatic heterocycles. The van der Waals surface area contributed by atoms with Crippen molar-refractivity contribution in [2.45, 2.75) is 18.9 Å². The molecule has 0 aliphatic rings. The second kappa shape index (κ2) is 7.44. The predicted octanol–water partition coefficient (Wildman–Crippen LogP) is 1.32. The summed E-state index contributed by atoms with van der Waals surface area (Å²) in [4.78, 5) is 33.2. The molecule has 3 amide bonds. The molecule has 9 heteroatoms. The molecule has 0 aromatic heterocycles. The number of aliphatic carboxylic acids is 1. The van der Waals surface area contributed by atoms with Crippen LogP contribution in [-0.2, 0) is 9.59 Å². The number of halogens is 2. The third kappa shape index (κ3) is 5.65. The van der Waals surface area contributed by atoms with Crippen LogP contribution in [0, 0.1) is 5.82 Å². The van der Waals surface area contributed by atoms with Crippen LogP contribution in [-0.4, -0.2) is 29.1 Å². The molecular weight excluding hydrogens is 305 g/mol. The second-order valence-electron chi connectivity index (χ2n) is 4.12. The van der Waals surface area contributed by atoms with Gasteiger partial charge < -0.3 is 21.5 Å². The molecule has 0 fully saturated rings. The van der Waals surface area contributed by atoms with Crippen LogP contribution in [0.25, 0.3) is 0 Å².